The summed E-state index contributed by atoms with van der Waals surface area (Å²) < 4.78 is 45.7. The maximum Gasteiger partial charge on any atom is 0.259 e. The van der Waals surface area contributed by atoms with Crippen LogP contribution in [0.2, 0.25) is 0 Å². The highest BCUT2D eigenvalue weighted by atomic mass is 32.2. The minimum atomic E-state index is -3.92. The van der Waals surface area contributed by atoms with Crippen LogP contribution in [0.25, 0.3) is 22.2 Å². The first-order valence-corrected chi connectivity index (χ1v) is 23.0. The number of rotatable bonds is 15. The molecule has 2 saturated heterocycles. The number of likely N-dealkylation sites (tertiary alicyclic amines) is 2. The highest BCUT2D eigenvalue weighted by molar-refractivity contribution is 7.91. The van der Waals surface area contributed by atoms with E-state index in [2.05, 4.69) is 16.6 Å². The summed E-state index contributed by atoms with van der Waals surface area (Å²) in [6.07, 6.45) is 2.59. The number of methoxy groups -OCH3 is 2. The van der Waals surface area contributed by atoms with Gasteiger partial charge in [-0.15, -0.1) is 6.58 Å². The predicted octanol–water partition coefficient (Wildman–Crippen LogP) is 5.96. The topological polar surface area (TPSA) is 174 Å². The van der Waals surface area contributed by atoms with Crippen LogP contribution in [0.5, 0.6) is 17.2 Å². The van der Waals surface area contributed by atoms with E-state index in [0.29, 0.717) is 53.2 Å². The fourth-order valence-corrected chi connectivity index (χ4v) is 10.2. The number of benzene rings is 3. The second kappa shape index (κ2) is 17.0. The van der Waals surface area contributed by atoms with Crippen molar-refractivity contribution in [2.45, 2.75) is 88.3 Å². The largest absolute Gasteiger partial charge is 0.497 e. The van der Waals surface area contributed by atoms with Crippen LogP contribution in [0.1, 0.15) is 70.9 Å². The average molecular weight is 878 g/mol. The van der Waals surface area contributed by atoms with Crippen LogP contribution in [0.4, 0.5) is 0 Å². The zero-order valence-electron chi connectivity index (χ0n) is 36.3. The van der Waals surface area contributed by atoms with E-state index in [4.69, 9.17) is 19.2 Å². The van der Waals surface area contributed by atoms with Gasteiger partial charge in [0.25, 0.3) is 5.91 Å². The average Bonchev–Trinajstić information content (AvgIpc) is 4.18. The van der Waals surface area contributed by atoms with Gasteiger partial charge in [-0.2, -0.15) is 0 Å². The number of carbonyl (C=O) groups is 4. The van der Waals surface area contributed by atoms with Crippen molar-refractivity contribution >= 4 is 44.6 Å². The summed E-state index contributed by atoms with van der Waals surface area (Å²) in [5.74, 6) is -1.63. The molecule has 4 amide bonds. The molecule has 14 nitrogen and oxygen atoms in total. The SMILES string of the molecule is C=CC1C[C@]1(NC(=O)[C@@H]1C[C@@H](Oc2cc(-c3ccccc3)nc3cc(OC)ccc23)CN1C(=O)[C@@H](CC(=O)N1CCC1c1cccc(OC)c1)C(C)(C)C)C(=O)NS(=O)(=O)C1CC1. The third-order valence-corrected chi connectivity index (χ3v) is 14.8. The smallest absolute Gasteiger partial charge is 0.259 e. The van der Waals surface area contributed by atoms with Crippen molar-refractivity contribution in [3.8, 4) is 28.5 Å². The number of nitrogens with zero attached hydrogens (tertiary/aromatic N) is 3. The van der Waals surface area contributed by atoms with Crippen molar-refractivity contribution < 1.29 is 41.8 Å². The molecule has 2 aliphatic heterocycles. The highest BCUT2D eigenvalue weighted by Gasteiger charge is 2.62. The molecule has 4 fully saturated rings. The first-order valence-electron chi connectivity index (χ1n) is 21.5. The molecule has 4 aromatic rings. The molecule has 0 radical (unpaired) electrons. The molecular weight excluding hydrogens is 823 g/mol. The number of sulfonamides is 1. The predicted molar refractivity (Wildman–Crippen MR) is 237 cm³/mol. The summed E-state index contributed by atoms with van der Waals surface area (Å²) in [4.78, 5) is 65.9. The second-order valence-electron chi connectivity index (χ2n) is 18.2. The number of aromatic nitrogens is 1. The molecule has 3 heterocycles. The van der Waals surface area contributed by atoms with Gasteiger partial charge in [0.15, 0.2) is 0 Å². The number of nitrogens with one attached hydrogen (secondary N) is 2. The van der Waals surface area contributed by atoms with Gasteiger partial charge in [-0.3, -0.25) is 23.9 Å². The quantitative estimate of drug-likeness (QED) is 0.136. The molecule has 2 unspecified atom stereocenters. The van der Waals surface area contributed by atoms with Gasteiger partial charge in [-0.05, 0) is 60.9 Å². The van der Waals surface area contributed by atoms with Crippen LogP contribution in [-0.4, -0.2) is 97.1 Å². The number of hydrogen-bond donors (Lipinski definition) is 2. The van der Waals surface area contributed by atoms with Gasteiger partial charge >= 0.3 is 0 Å². The number of carbonyl (C=O) groups excluding carboxylic acids is 4. The van der Waals surface area contributed by atoms with Crippen molar-refractivity contribution in [3.05, 3.63) is 97.1 Å². The Hall–Kier alpha value is -5.96. The molecule has 4 aliphatic rings. The lowest BCUT2D eigenvalue weighted by molar-refractivity contribution is -0.151. The normalized spacial score (nSPS) is 23.6. The Morgan fingerprint density at radius 3 is 2.30 bits per heavy atom. The van der Waals surface area contributed by atoms with E-state index in [-0.39, 0.29) is 37.8 Å². The Morgan fingerprint density at radius 2 is 1.67 bits per heavy atom. The Labute approximate surface area is 368 Å². The summed E-state index contributed by atoms with van der Waals surface area (Å²) in [6, 6.07) is 23.3. The van der Waals surface area contributed by atoms with E-state index in [1.165, 1.54) is 11.0 Å². The van der Waals surface area contributed by atoms with E-state index in [0.717, 1.165) is 17.5 Å². The molecule has 3 aromatic carbocycles. The molecule has 2 N–H and O–H groups in total. The number of pyridine rings is 1. The minimum absolute atomic E-state index is 0.00533. The molecular formula is C48H55N5O9S. The van der Waals surface area contributed by atoms with Crippen molar-refractivity contribution in [1.82, 2.24) is 24.8 Å². The van der Waals surface area contributed by atoms with Crippen molar-refractivity contribution in [3.63, 3.8) is 0 Å². The van der Waals surface area contributed by atoms with Crippen LogP contribution in [0, 0.1) is 17.3 Å². The summed E-state index contributed by atoms with van der Waals surface area (Å²) in [5.41, 5.74) is 0.794. The van der Waals surface area contributed by atoms with Gasteiger partial charge in [0.05, 0.1) is 49.2 Å². The third-order valence-electron chi connectivity index (χ3n) is 13.0. The maximum absolute atomic E-state index is 15.1. The molecule has 332 valence electrons. The van der Waals surface area contributed by atoms with Gasteiger partial charge in [0, 0.05) is 48.4 Å². The summed E-state index contributed by atoms with van der Waals surface area (Å²) in [5, 5.41) is 2.92. The molecule has 8 rings (SSSR count). The Morgan fingerprint density at radius 1 is 0.937 bits per heavy atom. The van der Waals surface area contributed by atoms with E-state index >= 15 is 4.79 Å². The van der Waals surface area contributed by atoms with Gasteiger partial charge in [0.2, 0.25) is 27.7 Å². The van der Waals surface area contributed by atoms with Gasteiger partial charge in [-0.1, -0.05) is 69.3 Å². The van der Waals surface area contributed by atoms with Gasteiger partial charge < -0.3 is 29.3 Å². The first kappa shape index (κ1) is 43.7. The lowest BCUT2D eigenvalue weighted by Gasteiger charge is -2.43. The molecule has 0 bridgehead atoms. The summed E-state index contributed by atoms with van der Waals surface area (Å²) >= 11 is 0. The van der Waals surface area contributed by atoms with Crippen LogP contribution < -0.4 is 24.2 Å². The zero-order chi connectivity index (χ0) is 44.8. The lowest BCUT2D eigenvalue weighted by Crippen LogP contribution is -2.57. The fourth-order valence-electron chi connectivity index (χ4n) is 8.87. The number of hydrogen-bond acceptors (Lipinski definition) is 10. The van der Waals surface area contributed by atoms with Crippen molar-refractivity contribution in [1.29, 1.82) is 0 Å². The van der Waals surface area contributed by atoms with E-state index in [1.807, 2.05) is 93.6 Å². The van der Waals surface area contributed by atoms with Crippen LogP contribution in [0.3, 0.4) is 0 Å². The standard InChI is InChI=1S/C48H55N5O9S/c1-7-31-27-48(31,46(57)51-63(58,59)35-17-18-35)50-44(55)41-24-34(62-42-26-38(29-12-9-8-10-13-29)49-39-23-33(61-6)16-19-36(39)42)28-53(41)45(56)37(47(2,3)4)25-43(54)52-21-20-40(52)30-14-11-15-32(22-30)60-5/h7-16,19,22-23,26,31,34-35,37,40-41H,1,17-18,20-21,24-25,27-28H2,2-6H3,(H,50,55)(H,51,57)/t31?,34-,37-,40?,41+,48-/m1/s1. The molecule has 15 heteroatoms. The number of amides is 4. The van der Waals surface area contributed by atoms with Gasteiger partial charge in [0.1, 0.15) is 34.9 Å². The minimum Gasteiger partial charge on any atom is -0.497 e. The molecule has 1 aromatic heterocycles. The second-order valence-corrected chi connectivity index (χ2v) is 20.2. The maximum atomic E-state index is 15.1. The zero-order valence-corrected chi connectivity index (χ0v) is 37.2. The molecule has 63 heavy (non-hydrogen) atoms. The van der Waals surface area contributed by atoms with Gasteiger partial charge in [-0.25, -0.2) is 13.4 Å². The Kier molecular flexibility index (Phi) is 11.8. The fraction of sp³-hybridized carbons (Fsp3) is 0.438. The number of fused-ring (bicyclic) bond motifs is 1. The first-order chi connectivity index (χ1) is 30.0. The summed E-state index contributed by atoms with van der Waals surface area (Å²) in [6.45, 7) is 10.1. The number of ether oxygens (including phenoxy) is 3. The van der Waals surface area contributed by atoms with E-state index < -0.39 is 67.9 Å². The van der Waals surface area contributed by atoms with Crippen molar-refractivity contribution in [2.24, 2.45) is 17.3 Å². The molecule has 2 aliphatic carbocycles. The Balaban J connectivity index is 1.11. The van der Waals surface area contributed by atoms with Crippen LogP contribution in [0.15, 0.2) is 91.5 Å². The molecule has 0 spiro atoms. The highest BCUT2D eigenvalue weighted by Crippen LogP contribution is 2.46. The third kappa shape index (κ3) is 8.84. The van der Waals surface area contributed by atoms with Crippen molar-refractivity contribution in [2.75, 3.05) is 27.3 Å². The summed E-state index contributed by atoms with van der Waals surface area (Å²) in [7, 11) is -0.749. The van der Waals surface area contributed by atoms with E-state index in [9.17, 15) is 22.8 Å². The van der Waals surface area contributed by atoms with Crippen LogP contribution in [-0.2, 0) is 29.2 Å². The monoisotopic (exact) mass is 877 g/mol. The molecule has 2 saturated carbocycles. The lowest BCUT2D eigenvalue weighted by atomic mass is 9.77. The van der Waals surface area contributed by atoms with Crippen LogP contribution >= 0.6 is 0 Å². The molecule has 6 atom stereocenters. The van der Waals surface area contributed by atoms with E-state index in [1.54, 1.807) is 25.2 Å². The Bertz CT molecular complexity index is 2560.